The van der Waals surface area contributed by atoms with Gasteiger partial charge in [0.2, 0.25) is 0 Å². The zero-order chi connectivity index (χ0) is 16.1. The molecule has 1 amide bonds. The maximum Gasteiger partial charge on any atom is 0.254 e. The number of ether oxygens (including phenoxy) is 3. The number of carbonyl (C=O) groups excluding carboxylic acids is 1. The average Bonchev–Trinajstić information content (AvgIpc) is 2.63. The van der Waals surface area contributed by atoms with Gasteiger partial charge < -0.3 is 19.1 Å². The molecule has 6 heteroatoms. The summed E-state index contributed by atoms with van der Waals surface area (Å²) in [4.78, 5) is 16.6. The van der Waals surface area contributed by atoms with Gasteiger partial charge in [-0.05, 0) is 6.07 Å². The third kappa shape index (κ3) is 4.02. The molecule has 6 nitrogen and oxygen atoms in total. The van der Waals surface area contributed by atoms with E-state index >= 15 is 0 Å². The van der Waals surface area contributed by atoms with Gasteiger partial charge >= 0.3 is 0 Å². The second-order valence-electron chi connectivity index (χ2n) is 5.85. The summed E-state index contributed by atoms with van der Waals surface area (Å²) in [7, 11) is 1.70. The molecule has 0 aromatic heterocycles. The molecule has 0 saturated carbocycles. The first kappa shape index (κ1) is 16.2. The maximum atomic E-state index is 12.4. The van der Waals surface area contributed by atoms with E-state index in [1.807, 2.05) is 23.1 Å². The Hall–Kier alpha value is -1.63. The number of methoxy groups -OCH3 is 1. The second kappa shape index (κ2) is 7.77. The minimum atomic E-state index is -0.426. The third-order valence-corrected chi connectivity index (χ3v) is 4.36. The highest BCUT2D eigenvalue weighted by Gasteiger charge is 2.29. The van der Waals surface area contributed by atoms with Crippen molar-refractivity contribution in [3.63, 3.8) is 0 Å². The Morgan fingerprint density at radius 1 is 1.22 bits per heavy atom. The number of rotatable bonds is 4. The number of amides is 1. The Bertz CT molecular complexity index is 523. The molecule has 1 atom stereocenters. The number of benzene rings is 1. The van der Waals surface area contributed by atoms with Crippen LogP contribution in [-0.4, -0.2) is 74.9 Å². The first-order valence-corrected chi connectivity index (χ1v) is 8.10. The van der Waals surface area contributed by atoms with Gasteiger partial charge in [-0.15, -0.1) is 0 Å². The largest absolute Gasteiger partial charge is 0.496 e. The predicted molar refractivity (Wildman–Crippen MR) is 85.4 cm³/mol. The first-order chi connectivity index (χ1) is 11.3. The van der Waals surface area contributed by atoms with Gasteiger partial charge in [0.05, 0.1) is 26.9 Å². The van der Waals surface area contributed by atoms with Crippen molar-refractivity contribution < 1.29 is 19.0 Å². The molecule has 0 unspecified atom stereocenters. The quantitative estimate of drug-likeness (QED) is 0.820. The van der Waals surface area contributed by atoms with Crippen molar-refractivity contribution in [2.45, 2.75) is 12.6 Å². The van der Waals surface area contributed by atoms with E-state index in [-0.39, 0.29) is 5.91 Å². The van der Waals surface area contributed by atoms with E-state index in [0.717, 1.165) is 38.5 Å². The molecule has 1 aromatic carbocycles. The fourth-order valence-electron chi connectivity index (χ4n) is 3.03. The fourth-order valence-corrected chi connectivity index (χ4v) is 3.03. The summed E-state index contributed by atoms with van der Waals surface area (Å²) in [5.41, 5.74) is 1.18. The lowest BCUT2D eigenvalue weighted by atomic mass is 10.1. The van der Waals surface area contributed by atoms with Crippen LogP contribution in [0.15, 0.2) is 24.3 Å². The van der Waals surface area contributed by atoms with Crippen LogP contribution >= 0.6 is 0 Å². The zero-order valence-corrected chi connectivity index (χ0v) is 13.6. The van der Waals surface area contributed by atoms with Crippen molar-refractivity contribution >= 4 is 5.91 Å². The molecule has 2 fully saturated rings. The van der Waals surface area contributed by atoms with Crippen molar-refractivity contribution in [2.75, 3.05) is 53.1 Å². The summed E-state index contributed by atoms with van der Waals surface area (Å²) in [6.45, 7) is 5.48. The number of piperazine rings is 1. The van der Waals surface area contributed by atoms with Gasteiger partial charge in [0.1, 0.15) is 5.75 Å². The van der Waals surface area contributed by atoms with E-state index in [9.17, 15) is 4.79 Å². The summed E-state index contributed by atoms with van der Waals surface area (Å²) in [6.07, 6.45) is -0.426. The SMILES string of the molecule is COc1ccccc1CN1CCN(C(=O)[C@@H]2COCCO2)CC1. The smallest absolute Gasteiger partial charge is 0.254 e. The summed E-state index contributed by atoms with van der Waals surface area (Å²) in [5.74, 6) is 0.973. The molecular weight excluding hydrogens is 296 g/mol. The van der Waals surface area contributed by atoms with Crippen LogP contribution in [0.4, 0.5) is 0 Å². The first-order valence-electron chi connectivity index (χ1n) is 8.10. The Balaban J connectivity index is 1.51. The highest BCUT2D eigenvalue weighted by molar-refractivity contribution is 5.81. The maximum absolute atomic E-state index is 12.4. The van der Waals surface area contributed by atoms with Gasteiger partial charge in [-0.3, -0.25) is 9.69 Å². The Labute approximate surface area is 136 Å². The van der Waals surface area contributed by atoms with E-state index in [2.05, 4.69) is 11.0 Å². The zero-order valence-electron chi connectivity index (χ0n) is 13.6. The summed E-state index contributed by atoms with van der Waals surface area (Å²) in [5, 5.41) is 0. The lowest BCUT2D eigenvalue weighted by Crippen LogP contribution is -2.53. The van der Waals surface area contributed by atoms with Crippen molar-refractivity contribution in [1.82, 2.24) is 9.80 Å². The molecule has 23 heavy (non-hydrogen) atoms. The monoisotopic (exact) mass is 320 g/mol. The highest BCUT2D eigenvalue weighted by atomic mass is 16.6. The standard InChI is InChI=1S/C17H24N2O4/c1-21-15-5-3-2-4-14(15)12-18-6-8-19(9-7-18)17(20)16-13-22-10-11-23-16/h2-5,16H,6-13H2,1H3/t16-/m0/s1. The normalized spacial score (nSPS) is 22.8. The molecule has 0 radical (unpaired) electrons. The van der Waals surface area contributed by atoms with Crippen LogP contribution in [0.1, 0.15) is 5.56 Å². The van der Waals surface area contributed by atoms with Crippen molar-refractivity contribution in [3.05, 3.63) is 29.8 Å². The minimum absolute atomic E-state index is 0.0571. The number of hydrogen-bond acceptors (Lipinski definition) is 5. The van der Waals surface area contributed by atoms with Crippen molar-refractivity contribution in [1.29, 1.82) is 0 Å². The Kier molecular flexibility index (Phi) is 5.48. The molecule has 126 valence electrons. The van der Waals surface area contributed by atoms with E-state index in [0.29, 0.717) is 19.8 Å². The molecule has 0 N–H and O–H groups in total. The highest BCUT2D eigenvalue weighted by Crippen LogP contribution is 2.20. The second-order valence-corrected chi connectivity index (χ2v) is 5.85. The van der Waals surface area contributed by atoms with Gasteiger partial charge in [-0.1, -0.05) is 18.2 Å². The van der Waals surface area contributed by atoms with Gasteiger partial charge in [-0.2, -0.15) is 0 Å². The van der Waals surface area contributed by atoms with Crippen LogP contribution in [0.5, 0.6) is 5.75 Å². The molecular formula is C17H24N2O4. The van der Waals surface area contributed by atoms with E-state index in [1.54, 1.807) is 7.11 Å². The molecule has 3 rings (SSSR count). The molecule has 0 spiro atoms. The van der Waals surface area contributed by atoms with Crippen LogP contribution < -0.4 is 4.74 Å². The predicted octanol–water partition coefficient (Wildman–Crippen LogP) is 0.755. The van der Waals surface area contributed by atoms with Crippen LogP contribution in [0.2, 0.25) is 0 Å². The number of para-hydroxylation sites is 1. The van der Waals surface area contributed by atoms with Crippen LogP contribution in [-0.2, 0) is 20.8 Å². The average molecular weight is 320 g/mol. The summed E-state index contributed by atoms with van der Waals surface area (Å²) in [6, 6.07) is 8.07. The van der Waals surface area contributed by atoms with E-state index in [1.165, 1.54) is 5.56 Å². The Morgan fingerprint density at radius 3 is 2.70 bits per heavy atom. The minimum Gasteiger partial charge on any atom is -0.496 e. The number of nitrogens with zero attached hydrogens (tertiary/aromatic N) is 2. The lowest BCUT2D eigenvalue weighted by Gasteiger charge is -2.37. The van der Waals surface area contributed by atoms with Gasteiger partial charge in [0, 0.05) is 38.3 Å². The fraction of sp³-hybridized carbons (Fsp3) is 0.588. The van der Waals surface area contributed by atoms with E-state index in [4.69, 9.17) is 14.2 Å². The summed E-state index contributed by atoms with van der Waals surface area (Å²) >= 11 is 0. The van der Waals surface area contributed by atoms with Gasteiger partial charge in [0.15, 0.2) is 6.10 Å². The molecule has 0 bridgehead atoms. The van der Waals surface area contributed by atoms with Crippen molar-refractivity contribution in [3.8, 4) is 5.75 Å². The van der Waals surface area contributed by atoms with Gasteiger partial charge in [-0.25, -0.2) is 0 Å². The number of hydrogen-bond donors (Lipinski definition) is 0. The van der Waals surface area contributed by atoms with Crippen molar-refractivity contribution in [2.24, 2.45) is 0 Å². The number of carbonyl (C=O) groups is 1. The lowest BCUT2D eigenvalue weighted by molar-refractivity contribution is -0.159. The van der Waals surface area contributed by atoms with E-state index < -0.39 is 6.10 Å². The van der Waals surface area contributed by atoms with Crippen LogP contribution in [0, 0.1) is 0 Å². The molecule has 2 aliphatic heterocycles. The topological polar surface area (TPSA) is 51.2 Å². The molecule has 2 heterocycles. The molecule has 2 aliphatic rings. The van der Waals surface area contributed by atoms with Crippen LogP contribution in [0.25, 0.3) is 0 Å². The van der Waals surface area contributed by atoms with Crippen LogP contribution in [0.3, 0.4) is 0 Å². The molecule has 2 saturated heterocycles. The van der Waals surface area contributed by atoms with Gasteiger partial charge in [0.25, 0.3) is 5.91 Å². The molecule has 1 aromatic rings. The Morgan fingerprint density at radius 2 is 2.00 bits per heavy atom. The third-order valence-electron chi connectivity index (χ3n) is 4.36. The molecule has 0 aliphatic carbocycles. The summed E-state index contributed by atoms with van der Waals surface area (Å²) < 4.78 is 16.2.